The molecule has 0 aliphatic carbocycles. The number of rotatable bonds is 20. The summed E-state index contributed by atoms with van der Waals surface area (Å²) >= 11 is 0. The van der Waals surface area contributed by atoms with Gasteiger partial charge in [-0.1, -0.05) is 48.5 Å². The summed E-state index contributed by atoms with van der Waals surface area (Å²) in [5.41, 5.74) is 13.6. The first-order valence-electron chi connectivity index (χ1n) is 24.7. The van der Waals surface area contributed by atoms with Crippen molar-refractivity contribution in [2.75, 3.05) is 0 Å². The van der Waals surface area contributed by atoms with Crippen LogP contribution in [-0.4, -0.2) is 42.6 Å². The van der Waals surface area contributed by atoms with Gasteiger partial charge in [-0.25, -0.2) is 27.4 Å². The fraction of sp³-hybridized carbons (Fsp3) is 0.100. The van der Waals surface area contributed by atoms with Gasteiger partial charge in [0.2, 0.25) is 0 Å². The molecule has 0 unspecified atom stereocenters. The number of pyridine rings is 6. The molecule has 0 bridgehead atoms. The zero-order valence-corrected chi connectivity index (χ0v) is 41.3. The third-order valence-corrected chi connectivity index (χ3v) is 13.3. The summed E-state index contributed by atoms with van der Waals surface area (Å²) in [6, 6.07) is 55.2. The summed E-state index contributed by atoms with van der Waals surface area (Å²) in [4.78, 5) is 0. The molecule has 2 radical (unpaired) electrons. The average molecular weight is 989 g/mol. The summed E-state index contributed by atoms with van der Waals surface area (Å²) in [5.74, 6) is 1.24. The quantitative estimate of drug-likeness (QED) is 0.0672. The molecule has 15 heteroatoms. The van der Waals surface area contributed by atoms with Crippen molar-refractivity contribution in [3.63, 3.8) is 0 Å². The molecule has 0 amide bonds. The second kappa shape index (κ2) is 24.0. The van der Waals surface area contributed by atoms with Crippen LogP contribution in [0.4, 0.5) is 0 Å². The molecule has 4 N–H and O–H groups in total. The highest BCUT2D eigenvalue weighted by Gasteiger charge is 2.19. The van der Waals surface area contributed by atoms with Gasteiger partial charge in [0.25, 0.3) is 0 Å². The summed E-state index contributed by atoms with van der Waals surface area (Å²) in [7, 11) is -0.0921. The molecule has 6 aromatic heterocycles. The van der Waals surface area contributed by atoms with E-state index in [0.717, 1.165) is 50.1 Å². The van der Waals surface area contributed by atoms with E-state index in [1.165, 1.54) is 16.7 Å². The van der Waals surface area contributed by atoms with Gasteiger partial charge in [-0.3, -0.25) is 0 Å². The van der Waals surface area contributed by atoms with Crippen LogP contribution in [-0.2, 0) is 39.3 Å². The Kier molecular flexibility index (Phi) is 16.0. The summed E-state index contributed by atoms with van der Waals surface area (Å²) in [6.07, 6.45) is 25.1. The predicted molar refractivity (Wildman–Crippen MR) is 284 cm³/mol. The summed E-state index contributed by atoms with van der Waals surface area (Å²) < 4.78 is 23.4. The van der Waals surface area contributed by atoms with E-state index in [2.05, 4.69) is 176 Å². The van der Waals surface area contributed by atoms with E-state index in [0.29, 0.717) is 71.6 Å². The zero-order chi connectivity index (χ0) is 51.3. The molecule has 0 atom stereocenters. The molecule has 0 aliphatic heterocycles. The van der Waals surface area contributed by atoms with Crippen molar-refractivity contribution < 1.29 is 56.8 Å². The molecule has 0 aliphatic rings. The van der Waals surface area contributed by atoms with Crippen LogP contribution in [0.5, 0.6) is 11.5 Å². The van der Waals surface area contributed by atoms with Crippen LogP contribution in [0.25, 0.3) is 33.4 Å². The Hall–Kier alpha value is -8.59. The molecular weight excluding hydrogens is 933 g/mol. The lowest BCUT2D eigenvalue weighted by Crippen LogP contribution is -2.40. The molecule has 10 rings (SSSR count). The molecule has 75 heavy (non-hydrogen) atoms. The minimum Gasteiger partial charge on any atom is -0.537 e. The Labute approximate surface area is 438 Å². The summed E-state index contributed by atoms with van der Waals surface area (Å²) in [5, 5.41) is 38.1. The van der Waals surface area contributed by atoms with Gasteiger partial charge in [0.1, 0.15) is 11.5 Å². The third kappa shape index (κ3) is 13.0. The van der Waals surface area contributed by atoms with E-state index in [-0.39, 0.29) is 0 Å². The van der Waals surface area contributed by atoms with E-state index < -0.39 is 7.12 Å². The van der Waals surface area contributed by atoms with Gasteiger partial charge in [0, 0.05) is 95.1 Å². The molecule has 4 aromatic carbocycles. The van der Waals surface area contributed by atoms with E-state index in [1.807, 2.05) is 83.7 Å². The molecule has 12 nitrogen and oxygen atoms in total. The smallest absolute Gasteiger partial charge is 0.537 e. The Balaban J connectivity index is 0.848. The highest BCUT2D eigenvalue weighted by molar-refractivity contribution is 6.59. The Morgan fingerprint density at radius 3 is 0.867 bits per heavy atom. The molecule has 0 fully saturated rings. The standard InChI is InChI=1S/C60H55B3N6O6/c70-61-74-59-11-5-2-8-56(59)44-68-33-21-53(22-34-68)50-15-27-65(28-16-50)41-47-37-46(40-64-25-13-49(14-26-64)52-19-31-67(32-20-52)43-55-7-1-4-10-58(55)63(72)73)38-48(39-47)42-66-29-17-51(18-30-66)54-23-35-69(36-24-54)45-57-9-3-6-12-60(57)75-62-71/h1-39,70-73H,40-45H2/q+6. The topological polar surface area (TPSA) is 123 Å². The van der Waals surface area contributed by atoms with Crippen LogP contribution < -0.4 is 42.2 Å². The highest BCUT2D eigenvalue weighted by atomic mass is 16.5. The lowest BCUT2D eigenvalue weighted by molar-refractivity contribution is -0.690. The Morgan fingerprint density at radius 1 is 0.320 bits per heavy atom. The van der Waals surface area contributed by atoms with Crippen LogP contribution in [0, 0.1) is 0 Å². The highest BCUT2D eigenvalue weighted by Crippen LogP contribution is 2.22. The Bertz CT molecular complexity index is 3320. The van der Waals surface area contributed by atoms with Gasteiger partial charge >= 0.3 is 22.5 Å². The number of benzene rings is 4. The molecule has 0 saturated heterocycles. The first-order chi connectivity index (χ1) is 36.8. The molecule has 364 valence electrons. The van der Waals surface area contributed by atoms with Crippen molar-refractivity contribution in [3.05, 3.63) is 272 Å². The molecule has 0 spiro atoms. The van der Waals surface area contributed by atoms with Gasteiger partial charge < -0.3 is 29.4 Å². The van der Waals surface area contributed by atoms with Crippen molar-refractivity contribution in [1.29, 1.82) is 0 Å². The maximum absolute atomic E-state index is 9.85. The van der Waals surface area contributed by atoms with Crippen LogP contribution in [0.15, 0.2) is 238 Å². The maximum Gasteiger partial charge on any atom is 0.569 e. The molecule has 10 aromatic rings. The van der Waals surface area contributed by atoms with Crippen molar-refractivity contribution in [2.45, 2.75) is 39.3 Å². The van der Waals surface area contributed by atoms with Crippen molar-refractivity contribution >= 4 is 28.0 Å². The minimum absolute atomic E-state index is 0.507. The molecule has 6 heterocycles. The van der Waals surface area contributed by atoms with Crippen molar-refractivity contribution in [1.82, 2.24) is 0 Å². The number of hydrogen-bond acceptors (Lipinski definition) is 6. The number of hydrogen-bond donors (Lipinski definition) is 4. The molecular formula is C60H55B3N6O6+6. The lowest BCUT2D eigenvalue weighted by atomic mass is 9.77. The van der Waals surface area contributed by atoms with E-state index in [4.69, 9.17) is 9.31 Å². The minimum atomic E-state index is -1.52. The fourth-order valence-corrected chi connectivity index (χ4v) is 9.41. The van der Waals surface area contributed by atoms with Gasteiger partial charge in [0.15, 0.2) is 114 Å². The van der Waals surface area contributed by atoms with Crippen molar-refractivity contribution in [3.8, 4) is 44.9 Å². The number of nitrogens with zero attached hydrogens (tertiary/aromatic N) is 6. The van der Waals surface area contributed by atoms with Crippen LogP contribution >= 0.6 is 0 Å². The van der Waals surface area contributed by atoms with Crippen LogP contribution in [0.1, 0.15) is 33.4 Å². The molecule has 0 saturated carbocycles. The second-order valence-electron chi connectivity index (χ2n) is 18.4. The normalized spacial score (nSPS) is 11.0. The van der Waals surface area contributed by atoms with Crippen LogP contribution in [0.3, 0.4) is 0 Å². The van der Waals surface area contributed by atoms with Gasteiger partial charge in [-0.05, 0) is 81.3 Å². The summed E-state index contributed by atoms with van der Waals surface area (Å²) in [6.45, 7) is 3.83. The van der Waals surface area contributed by atoms with Crippen LogP contribution in [0.2, 0.25) is 0 Å². The first kappa shape index (κ1) is 50.0. The maximum atomic E-state index is 9.85. The van der Waals surface area contributed by atoms with E-state index >= 15 is 0 Å². The van der Waals surface area contributed by atoms with Gasteiger partial charge in [-0.15, -0.1) is 0 Å². The first-order valence-corrected chi connectivity index (χ1v) is 24.7. The third-order valence-electron chi connectivity index (χ3n) is 13.3. The Morgan fingerprint density at radius 2 is 0.573 bits per heavy atom. The van der Waals surface area contributed by atoms with Crippen molar-refractivity contribution in [2.24, 2.45) is 0 Å². The lowest BCUT2D eigenvalue weighted by Gasteiger charge is -2.08. The largest absolute Gasteiger partial charge is 0.569 e. The van der Waals surface area contributed by atoms with Gasteiger partial charge in [0.05, 0.1) is 11.1 Å². The fourth-order valence-electron chi connectivity index (χ4n) is 9.41. The predicted octanol–water partition coefficient (Wildman–Crippen LogP) is 4.19. The monoisotopic (exact) mass is 988 g/mol. The SMILES string of the molecule is O[B]Oc1ccccc1C[n+]1ccc(-c2cc[n+](Cc3cc(C[n+]4ccc(-c5cc[n+](Cc6ccccc6O[B]O)cc5)cc4)cc(C[n+]4ccc(-c5cc[n+](Cc6ccccc6B(O)O)cc5)cc4)c3)cc2)cc1. The van der Waals surface area contributed by atoms with E-state index in [1.54, 1.807) is 6.07 Å². The second-order valence-corrected chi connectivity index (χ2v) is 18.4. The van der Waals surface area contributed by atoms with Gasteiger partial charge in [-0.2, -0.15) is 0 Å². The number of aromatic nitrogens is 6. The number of para-hydroxylation sites is 2. The average Bonchev–Trinajstić information content (AvgIpc) is 3.43. The van der Waals surface area contributed by atoms with E-state index in [9.17, 15) is 20.1 Å². The zero-order valence-electron chi connectivity index (χ0n) is 41.3.